The first-order valence-electron chi connectivity index (χ1n) is 10.0. The molecule has 0 saturated carbocycles. The first kappa shape index (κ1) is 21.7. The molecule has 2 heterocycles. The van der Waals surface area contributed by atoms with Gasteiger partial charge in [-0.25, -0.2) is 0 Å². The Hall–Kier alpha value is -2.97. The molecule has 1 aliphatic heterocycles. The third kappa shape index (κ3) is 6.53. The van der Waals surface area contributed by atoms with Crippen LogP contribution in [0, 0.1) is 5.92 Å². The van der Waals surface area contributed by atoms with Crippen LogP contribution in [0.5, 0.6) is 5.75 Å². The lowest BCUT2D eigenvalue weighted by Crippen LogP contribution is -2.48. The van der Waals surface area contributed by atoms with E-state index in [4.69, 9.17) is 4.74 Å². The number of methoxy groups -OCH3 is 1. The van der Waals surface area contributed by atoms with Crippen molar-refractivity contribution in [3.63, 3.8) is 0 Å². The molecule has 8 nitrogen and oxygen atoms in total. The number of nitrogens with zero attached hydrogens (tertiary/aromatic N) is 3. The minimum atomic E-state index is -0.952. The van der Waals surface area contributed by atoms with Crippen molar-refractivity contribution >= 4 is 17.6 Å². The molecule has 1 saturated heterocycles. The highest BCUT2D eigenvalue weighted by atomic mass is 16.5. The summed E-state index contributed by atoms with van der Waals surface area (Å²) in [7, 11) is 1.55. The average molecular weight is 412 g/mol. The molecule has 8 heteroatoms. The van der Waals surface area contributed by atoms with Gasteiger partial charge in [0.1, 0.15) is 5.75 Å². The minimum Gasteiger partial charge on any atom is -0.497 e. The highest BCUT2D eigenvalue weighted by Crippen LogP contribution is 2.18. The van der Waals surface area contributed by atoms with Crippen LogP contribution < -0.4 is 10.1 Å². The van der Waals surface area contributed by atoms with Gasteiger partial charge in [-0.3, -0.25) is 24.4 Å². The number of anilines is 1. The summed E-state index contributed by atoms with van der Waals surface area (Å²) in [5, 5.41) is 12.4. The van der Waals surface area contributed by atoms with E-state index >= 15 is 0 Å². The van der Waals surface area contributed by atoms with Gasteiger partial charge in [-0.15, -0.1) is 0 Å². The Morgan fingerprint density at radius 1 is 1.13 bits per heavy atom. The number of pyridine rings is 1. The maximum absolute atomic E-state index is 12.4. The Kier molecular flexibility index (Phi) is 7.75. The van der Waals surface area contributed by atoms with Crippen molar-refractivity contribution in [2.24, 2.45) is 5.92 Å². The van der Waals surface area contributed by atoms with Crippen molar-refractivity contribution in [1.82, 2.24) is 14.8 Å². The molecule has 2 aromatic rings. The number of piperazine rings is 1. The molecular formula is C22H28N4O4. The predicted molar refractivity (Wildman–Crippen MR) is 113 cm³/mol. The van der Waals surface area contributed by atoms with Crippen molar-refractivity contribution in [2.45, 2.75) is 13.0 Å². The Morgan fingerprint density at radius 3 is 2.57 bits per heavy atom. The number of benzene rings is 1. The van der Waals surface area contributed by atoms with E-state index < -0.39 is 11.9 Å². The van der Waals surface area contributed by atoms with Crippen LogP contribution in [0.2, 0.25) is 0 Å². The number of carboxylic acids is 1. The van der Waals surface area contributed by atoms with Crippen LogP contribution in [0.4, 0.5) is 5.69 Å². The highest BCUT2D eigenvalue weighted by Gasteiger charge is 2.26. The number of carboxylic acid groups (broad SMARTS) is 1. The summed E-state index contributed by atoms with van der Waals surface area (Å²) in [6.07, 6.45) is 1.72. The summed E-state index contributed by atoms with van der Waals surface area (Å²) in [6.45, 7) is 4.39. The van der Waals surface area contributed by atoms with Crippen molar-refractivity contribution in [2.75, 3.05) is 45.2 Å². The topological polar surface area (TPSA) is 95.0 Å². The first-order chi connectivity index (χ1) is 14.5. The summed E-state index contributed by atoms with van der Waals surface area (Å²) in [4.78, 5) is 32.9. The van der Waals surface area contributed by atoms with Crippen LogP contribution in [0.1, 0.15) is 12.1 Å². The Balaban J connectivity index is 1.47. The quantitative estimate of drug-likeness (QED) is 0.650. The molecule has 2 N–H and O–H groups in total. The normalized spacial score (nSPS) is 16.0. The zero-order valence-electron chi connectivity index (χ0n) is 17.2. The van der Waals surface area contributed by atoms with Crippen molar-refractivity contribution < 1.29 is 19.4 Å². The summed E-state index contributed by atoms with van der Waals surface area (Å²) in [5.41, 5.74) is 1.62. The number of amides is 1. The van der Waals surface area contributed by atoms with Gasteiger partial charge in [-0.1, -0.05) is 12.1 Å². The molecule has 0 spiro atoms. The monoisotopic (exact) mass is 412 g/mol. The number of hydrogen-bond donors (Lipinski definition) is 2. The third-order valence-electron chi connectivity index (χ3n) is 5.19. The van der Waals surface area contributed by atoms with Crippen molar-refractivity contribution in [1.29, 1.82) is 0 Å². The van der Waals surface area contributed by atoms with Gasteiger partial charge in [-0.2, -0.15) is 0 Å². The summed E-state index contributed by atoms with van der Waals surface area (Å²) in [6, 6.07) is 12.9. The van der Waals surface area contributed by atoms with Crippen LogP contribution in [0.15, 0.2) is 48.7 Å². The van der Waals surface area contributed by atoms with Gasteiger partial charge in [-0.05, 0) is 24.3 Å². The fourth-order valence-corrected chi connectivity index (χ4v) is 3.53. The molecule has 1 aromatic heterocycles. The van der Waals surface area contributed by atoms with Crippen LogP contribution in [-0.2, 0) is 16.1 Å². The van der Waals surface area contributed by atoms with Gasteiger partial charge >= 0.3 is 5.97 Å². The van der Waals surface area contributed by atoms with Crippen LogP contribution in [0.25, 0.3) is 0 Å². The molecule has 1 aliphatic rings. The Morgan fingerprint density at radius 2 is 1.90 bits per heavy atom. The minimum absolute atomic E-state index is 0.0688. The van der Waals surface area contributed by atoms with E-state index in [0.29, 0.717) is 18.0 Å². The number of rotatable bonds is 9. The number of hydrogen-bond acceptors (Lipinski definition) is 6. The zero-order valence-corrected chi connectivity index (χ0v) is 17.2. The zero-order chi connectivity index (χ0) is 21.3. The van der Waals surface area contributed by atoms with E-state index in [1.807, 2.05) is 18.2 Å². The maximum Gasteiger partial charge on any atom is 0.308 e. The molecule has 0 radical (unpaired) electrons. The van der Waals surface area contributed by atoms with Crippen LogP contribution in [0.3, 0.4) is 0 Å². The van der Waals surface area contributed by atoms with Crippen LogP contribution in [-0.4, -0.2) is 71.6 Å². The van der Waals surface area contributed by atoms with Crippen molar-refractivity contribution in [3.05, 3.63) is 54.4 Å². The van der Waals surface area contributed by atoms with E-state index in [0.717, 1.165) is 38.4 Å². The van der Waals surface area contributed by atoms with Crippen LogP contribution >= 0.6 is 0 Å². The molecule has 1 atom stereocenters. The predicted octanol–water partition coefficient (Wildman–Crippen LogP) is 1.94. The average Bonchev–Trinajstić information content (AvgIpc) is 2.75. The van der Waals surface area contributed by atoms with E-state index in [1.165, 1.54) is 0 Å². The molecule has 0 bridgehead atoms. The van der Waals surface area contributed by atoms with Gasteiger partial charge in [0, 0.05) is 63.6 Å². The van der Waals surface area contributed by atoms with Gasteiger partial charge in [0.05, 0.1) is 18.7 Å². The second kappa shape index (κ2) is 10.7. The molecule has 1 amide bonds. The Bertz CT molecular complexity index is 838. The third-order valence-corrected chi connectivity index (χ3v) is 5.19. The number of ether oxygens (including phenoxy) is 1. The van der Waals surface area contributed by atoms with Gasteiger partial charge in [0.15, 0.2) is 0 Å². The molecule has 3 rings (SSSR count). The second-order valence-electron chi connectivity index (χ2n) is 7.42. The number of nitrogens with one attached hydrogen (secondary N) is 1. The molecule has 30 heavy (non-hydrogen) atoms. The number of aliphatic carboxylic acids is 1. The summed E-state index contributed by atoms with van der Waals surface area (Å²) < 4.78 is 5.14. The molecule has 0 unspecified atom stereocenters. The van der Waals surface area contributed by atoms with Crippen molar-refractivity contribution in [3.8, 4) is 5.75 Å². The van der Waals surface area contributed by atoms with E-state index in [-0.39, 0.29) is 12.3 Å². The van der Waals surface area contributed by atoms with Gasteiger partial charge < -0.3 is 15.2 Å². The standard InChI is InChI=1S/C22H28N4O4/c1-30-20-7-4-6-18(14-20)24-21(27)13-17(22(28)29)15-25-9-11-26(12-10-25)16-19-5-2-3-8-23-19/h2-8,14,17H,9-13,15-16H2,1H3,(H,24,27)(H,28,29)/t17-/m1/s1. The first-order valence-corrected chi connectivity index (χ1v) is 10.0. The largest absolute Gasteiger partial charge is 0.497 e. The number of carbonyl (C=O) groups excluding carboxylic acids is 1. The fourth-order valence-electron chi connectivity index (χ4n) is 3.53. The number of aromatic nitrogens is 1. The lowest BCUT2D eigenvalue weighted by atomic mass is 10.0. The maximum atomic E-state index is 12.4. The van der Waals surface area contributed by atoms with E-state index in [9.17, 15) is 14.7 Å². The molecule has 160 valence electrons. The van der Waals surface area contributed by atoms with Gasteiger partial charge in [0.2, 0.25) is 5.91 Å². The summed E-state index contributed by atoms with van der Waals surface area (Å²) in [5.74, 6) is -1.39. The SMILES string of the molecule is COc1cccc(NC(=O)C[C@H](CN2CCN(Cc3ccccn3)CC2)C(=O)O)c1. The fraction of sp³-hybridized carbons (Fsp3) is 0.409. The summed E-state index contributed by atoms with van der Waals surface area (Å²) >= 11 is 0. The van der Waals surface area contributed by atoms with E-state index in [2.05, 4.69) is 20.1 Å². The lowest BCUT2D eigenvalue weighted by Gasteiger charge is -2.35. The van der Waals surface area contributed by atoms with Gasteiger partial charge in [0.25, 0.3) is 0 Å². The smallest absolute Gasteiger partial charge is 0.308 e. The highest BCUT2D eigenvalue weighted by molar-refractivity contribution is 5.93. The molecule has 1 aromatic carbocycles. The molecule has 0 aliphatic carbocycles. The number of carbonyl (C=O) groups is 2. The Labute approximate surface area is 176 Å². The second-order valence-corrected chi connectivity index (χ2v) is 7.42. The molecule has 1 fully saturated rings. The lowest BCUT2D eigenvalue weighted by molar-refractivity contribution is -0.144. The molecular weight excluding hydrogens is 384 g/mol. The van der Waals surface area contributed by atoms with E-state index in [1.54, 1.807) is 37.6 Å².